The number of rotatable bonds is 10. The first-order chi connectivity index (χ1) is 14.8. The Morgan fingerprint density at radius 3 is 2.45 bits per heavy atom. The van der Waals surface area contributed by atoms with Crippen molar-refractivity contribution in [3.8, 4) is 5.75 Å². The highest BCUT2D eigenvalue weighted by Crippen LogP contribution is 2.19. The van der Waals surface area contributed by atoms with Crippen LogP contribution in [0.1, 0.15) is 30.1 Å². The van der Waals surface area contributed by atoms with Gasteiger partial charge in [-0.15, -0.1) is 0 Å². The largest absolute Gasteiger partial charge is 0.492 e. The summed E-state index contributed by atoms with van der Waals surface area (Å²) in [5.41, 5.74) is 0.312. The van der Waals surface area contributed by atoms with Gasteiger partial charge in [-0.3, -0.25) is 19.2 Å². The molecule has 0 radical (unpaired) electrons. The minimum atomic E-state index is -3.83. The number of aromatic nitrogens is 1. The average Bonchev–Trinajstić information content (AvgIpc) is 3.26. The van der Waals surface area contributed by atoms with E-state index in [4.69, 9.17) is 4.74 Å². The second-order valence-corrected chi connectivity index (χ2v) is 9.94. The molecule has 2 heterocycles. The summed E-state index contributed by atoms with van der Waals surface area (Å²) >= 11 is 0.918. The van der Waals surface area contributed by atoms with E-state index in [-0.39, 0.29) is 27.4 Å². The number of nitrogens with zero attached hydrogens (tertiary/aromatic N) is 2. The Hall–Kier alpha value is -2.43. The molecule has 2 aromatic rings. The number of ether oxygens (including phenoxy) is 1. The lowest BCUT2D eigenvalue weighted by Crippen LogP contribution is -2.25. The lowest BCUT2D eigenvalue weighted by Gasteiger charge is -2.15. The zero-order valence-electron chi connectivity index (χ0n) is 17.2. The normalized spacial score (nSPS) is 14.4. The van der Waals surface area contributed by atoms with Crippen molar-refractivity contribution >= 4 is 38.5 Å². The first-order valence-electron chi connectivity index (χ1n) is 9.94. The second kappa shape index (κ2) is 10.7. The maximum Gasteiger partial charge on any atom is 0.263 e. The zero-order chi connectivity index (χ0) is 22.3. The van der Waals surface area contributed by atoms with Crippen LogP contribution in [-0.4, -0.2) is 61.2 Å². The highest BCUT2D eigenvalue weighted by Gasteiger charge is 2.16. The molecule has 1 aliphatic rings. The van der Waals surface area contributed by atoms with Gasteiger partial charge in [-0.2, -0.15) is 0 Å². The number of sulfonamides is 1. The van der Waals surface area contributed by atoms with Crippen molar-refractivity contribution in [1.82, 2.24) is 9.88 Å². The van der Waals surface area contributed by atoms with Crippen molar-refractivity contribution in [2.45, 2.75) is 24.7 Å². The van der Waals surface area contributed by atoms with Crippen molar-refractivity contribution in [2.24, 2.45) is 0 Å². The van der Waals surface area contributed by atoms with Crippen LogP contribution < -0.4 is 9.46 Å². The van der Waals surface area contributed by atoms with Crippen LogP contribution in [0, 0.1) is 0 Å². The molecule has 0 amide bonds. The molecule has 1 aromatic carbocycles. The Balaban J connectivity index is 1.54. The number of carbonyl (C=O) groups is 2. The SMILES string of the molecule is CC(=O)SCC(=O)c1ccc(NS(=O)(=O)c2ccc(OCCN3CCCC3)cc2)nc1. The third-order valence-electron chi connectivity index (χ3n) is 4.74. The van der Waals surface area contributed by atoms with Crippen molar-refractivity contribution in [3.05, 3.63) is 48.2 Å². The Morgan fingerprint density at radius 2 is 1.84 bits per heavy atom. The molecular weight excluding hydrogens is 438 g/mol. The summed E-state index contributed by atoms with van der Waals surface area (Å²) in [5, 5.41) is -0.145. The summed E-state index contributed by atoms with van der Waals surface area (Å²) in [6.07, 6.45) is 3.75. The molecule has 1 N–H and O–H groups in total. The highest BCUT2D eigenvalue weighted by atomic mass is 32.2. The number of likely N-dealkylation sites (tertiary alicyclic amines) is 1. The summed E-state index contributed by atoms with van der Waals surface area (Å²) in [4.78, 5) is 29.4. The van der Waals surface area contributed by atoms with E-state index in [1.54, 1.807) is 12.1 Å². The molecule has 1 aromatic heterocycles. The van der Waals surface area contributed by atoms with E-state index in [0.29, 0.717) is 17.9 Å². The van der Waals surface area contributed by atoms with E-state index in [1.807, 2.05) is 0 Å². The third-order valence-corrected chi connectivity index (χ3v) is 6.92. The van der Waals surface area contributed by atoms with Gasteiger partial charge in [0.15, 0.2) is 10.9 Å². The van der Waals surface area contributed by atoms with Crippen molar-refractivity contribution in [1.29, 1.82) is 0 Å². The third kappa shape index (κ3) is 7.05. The minimum absolute atomic E-state index is 0.0224. The first-order valence-corrected chi connectivity index (χ1v) is 12.4. The van der Waals surface area contributed by atoms with Crippen LogP contribution in [0.15, 0.2) is 47.5 Å². The Labute approximate surface area is 186 Å². The molecule has 8 nitrogen and oxygen atoms in total. The van der Waals surface area contributed by atoms with Crippen LogP contribution in [0.4, 0.5) is 5.82 Å². The van der Waals surface area contributed by atoms with Crippen LogP contribution >= 0.6 is 11.8 Å². The molecule has 1 aliphatic heterocycles. The highest BCUT2D eigenvalue weighted by molar-refractivity contribution is 8.14. The number of hydrogen-bond donors (Lipinski definition) is 1. The molecule has 31 heavy (non-hydrogen) atoms. The Bertz CT molecular complexity index is 1000. The molecule has 3 rings (SSSR count). The van der Waals surface area contributed by atoms with Gasteiger partial charge in [-0.1, -0.05) is 11.8 Å². The van der Waals surface area contributed by atoms with Gasteiger partial charge in [0.1, 0.15) is 18.2 Å². The van der Waals surface area contributed by atoms with Crippen molar-refractivity contribution in [3.63, 3.8) is 0 Å². The maximum atomic E-state index is 12.6. The number of thioether (sulfide) groups is 1. The summed E-state index contributed by atoms with van der Waals surface area (Å²) in [6, 6.07) is 9.10. The van der Waals surface area contributed by atoms with Gasteiger partial charge >= 0.3 is 0 Å². The van der Waals surface area contributed by atoms with E-state index < -0.39 is 10.0 Å². The predicted octanol–water partition coefficient (Wildman–Crippen LogP) is 2.82. The van der Waals surface area contributed by atoms with Crippen molar-refractivity contribution < 1.29 is 22.7 Å². The molecule has 166 valence electrons. The number of nitrogens with one attached hydrogen (secondary N) is 1. The molecule has 0 saturated carbocycles. The van der Waals surface area contributed by atoms with Gasteiger partial charge in [0.25, 0.3) is 10.0 Å². The summed E-state index contributed by atoms with van der Waals surface area (Å²) in [6.45, 7) is 5.02. The number of hydrogen-bond acceptors (Lipinski definition) is 8. The summed E-state index contributed by atoms with van der Waals surface area (Å²) in [5.74, 6) is 0.487. The van der Waals surface area contributed by atoms with E-state index in [9.17, 15) is 18.0 Å². The van der Waals surface area contributed by atoms with Gasteiger partial charge in [-0.05, 0) is 62.3 Å². The molecule has 0 aliphatic carbocycles. The number of ketones is 1. The van der Waals surface area contributed by atoms with Gasteiger partial charge in [0, 0.05) is 25.2 Å². The van der Waals surface area contributed by atoms with Gasteiger partial charge in [0.2, 0.25) is 0 Å². The topological polar surface area (TPSA) is 106 Å². The monoisotopic (exact) mass is 463 g/mol. The lowest BCUT2D eigenvalue weighted by molar-refractivity contribution is -0.109. The minimum Gasteiger partial charge on any atom is -0.492 e. The fraction of sp³-hybridized carbons (Fsp3) is 0.381. The number of pyridine rings is 1. The van der Waals surface area contributed by atoms with Crippen LogP contribution in [0.2, 0.25) is 0 Å². The van der Waals surface area contributed by atoms with E-state index >= 15 is 0 Å². The average molecular weight is 464 g/mol. The quantitative estimate of drug-likeness (QED) is 0.536. The number of anilines is 1. The lowest BCUT2D eigenvalue weighted by atomic mass is 10.2. The number of benzene rings is 1. The van der Waals surface area contributed by atoms with Crippen molar-refractivity contribution in [2.75, 3.05) is 36.7 Å². The summed E-state index contributed by atoms with van der Waals surface area (Å²) in [7, 11) is -3.83. The molecule has 1 saturated heterocycles. The van der Waals surface area contributed by atoms with Crippen LogP contribution in [0.3, 0.4) is 0 Å². The van der Waals surface area contributed by atoms with Gasteiger partial charge < -0.3 is 4.74 Å². The molecule has 1 fully saturated rings. The van der Waals surface area contributed by atoms with Crippen LogP contribution in [0.5, 0.6) is 5.75 Å². The molecular formula is C21H25N3O5S2. The number of Topliss-reactive ketones (excluding diaryl/α,β-unsaturated/α-hetero) is 1. The van der Waals surface area contributed by atoms with Crippen LogP contribution in [0.25, 0.3) is 0 Å². The van der Waals surface area contributed by atoms with Gasteiger partial charge in [0.05, 0.1) is 10.6 Å². The summed E-state index contributed by atoms with van der Waals surface area (Å²) < 4.78 is 33.3. The first kappa shape index (κ1) is 23.2. The van der Waals surface area contributed by atoms with E-state index in [2.05, 4.69) is 14.6 Å². The fourth-order valence-corrected chi connectivity index (χ4v) is 4.59. The van der Waals surface area contributed by atoms with Crippen LogP contribution in [-0.2, 0) is 14.8 Å². The van der Waals surface area contributed by atoms with E-state index in [1.165, 1.54) is 50.2 Å². The fourth-order valence-electron chi connectivity index (χ4n) is 3.08. The number of carbonyl (C=O) groups excluding carboxylic acids is 2. The second-order valence-electron chi connectivity index (χ2n) is 7.11. The van der Waals surface area contributed by atoms with Gasteiger partial charge in [-0.25, -0.2) is 13.4 Å². The molecule has 0 bridgehead atoms. The molecule has 0 atom stereocenters. The maximum absolute atomic E-state index is 12.6. The smallest absolute Gasteiger partial charge is 0.263 e. The Morgan fingerprint density at radius 1 is 1.13 bits per heavy atom. The standard InChI is InChI=1S/C21H25N3O5S2/c1-16(25)30-15-20(26)17-4-9-21(22-14-17)23-31(27,28)19-7-5-18(6-8-19)29-13-12-24-10-2-3-11-24/h4-9,14H,2-3,10-13,15H2,1H3,(H,22,23). The predicted molar refractivity (Wildman–Crippen MR) is 120 cm³/mol. The van der Waals surface area contributed by atoms with E-state index in [0.717, 1.165) is 31.4 Å². The Kier molecular flexibility index (Phi) is 8.05. The molecule has 0 unspecified atom stereocenters. The zero-order valence-corrected chi connectivity index (χ0v) is 18.9. The molecule has 0 spiro atoms. The molecule has 10 heteroatoms.